The molecule has 0 spiro atoms. The predicted molar refractivity (Wildman–Crippen MR) is 128 cm³/mol. The molecule has 5 rings (SSSR count). The maximum absolute atomic E-state index is 13.4. The predicted octanol–water partition coefficient (Wildman–Crippen LogP) is 6.52. The van der Waals surface area contributed by atoms with Gasteiger partial charge in [-0.1, -0.05) is 53.4 Å². The van der Waals surface area contributed by atoms with Gasteiger partial charge in [-0.25, -0.2) is 4.39 Å². The fraction of sp³-hybridized carbons (Fsp3) is 0.280. The van der Waals surface area contributed by atoms with E-state index in [1.54, 1.807) is 18.2 Å². The first-order valence-electron chi connectivity index (χ1n) is 11.2. The van der Waals surface area contributed by atoms with Gasteiger partial charge in [-0.3, -0.25) is 14.5 Å². The molecule has 0 bridgehead atoms. The summed E-state index contributed by atoms with van der Waals surface area (Å²) in [6, 6.07) is 10.9. The molecule has 3 aromatic rings. The van der Waals surface area contributed by atoms with Crippen LogP contribution in [0.1, 0.15) is 48.3 Å². The van der Waals surface area contributed by atoms with Crippen molar-refractivity contribution >= 4 is 39.9 Å². The quantitative estimate of drug-likeness (QED) is 0.212. The highest BCUT2D eigenvalue weighted by atomic mass is 32.2. The van der Waals surface area contributed by atoms with Crippen LogP contribution in [0.2, 0.25) is 0 Å². The molecule has 5 nitrogen and oxygen atoms in total. The molecule has 186 valence electrons. The van der Waals surface area contributed by atoms with Crippen molar-refractivity contribution in [3.05, 3.63) is 82.3 Å². The van der Waals surface area contributed by atoms with Crippen molar-refractivity contribution in [3.63, 3.8) is 0 Å². The van der Waals surface area contributed by atoms with Crippen LogP contribution in [-0.2, 0) is 21.5 Å². The topological polar surface area (TPSA) is 63.2 Å². The number of anilines is 1. The van der Waals surface area contributed by atoms with Crippen molar-refractivity contribution < 1.29 is 27.2 Å². The van der Waals surface area contributed by atoms with Crippen LogP contribution >= 0.6 is 23.1 Å². The lowest BCUT2D eigenvalue weighted by atomic mass is 9.77. The smallest absolute Gasteiger partial charge is 0.294 e. The molecule has 1 aromatic heterocycles. The summed E-state index contributed by atoms with van der Waals surface area (Å²) in [4.78, 5) is 27.7. The summed E-state index contributed by atoms with van der Waals surface area (Å²) in [5, 5.41) is 8.61. The molecule has 0 saturated heterocycles. The van der Waals surface area contributed by atoms with Gasteiger partial charge in [0.1, 0.15) is 5.82 Å². The van der Waals surface area contributed by atoms with Crippen molar-refractivity contribution in [3.8, 4) is 0 Å². The fourth-order valence-corrected chi connectivity index (χ4v) is 6.36. The van der Waals surface area contributed by atoms with Gasteiger partial charge in [0.05, 0.1) is 5.56 Å². The minimum Gasteiger partial charge on any atom is -0.294 e. The number of allylic oxidation sites excluding steroid dienone is 2. The summed E-state index contributed by atoms with van der Waals surface area (Å²) >= 11 is 2.39. The number of aromatic nitrogens is 2. The minimum absolute atomic E-state index is 0.0354. The van der Waals surface area contributed by atoms with E-state index in [4.69, 9.17) is 0 Å². The maximum Gasteiger partial charge on any atom is 0.416 e. The minimum atomic E-state index is -4.42. The molecular weight excluding hydrogens is 514 g/mol. The Morgan fingerprint density at radius 3 is 2.58 bits per heavy atom. The Morgan fingerprint density at radius 2 is 1.83 bits per heavy atom. The van der Waals surface area contributed by atoms with Gasteiger partial charge in [-0.05, 0) is 42.2 Å². The molecule has 1 amide bonds. The highest BCUT2D eigenvalue weighted by Gasteiger charge is 2.41. The number of hydrogen-bond donors (Lipinski definition) is 0. The molecule has 1 aliphatic heterocycles. The number of carbonyl (C=O) groups excluding carboxylic acids is 2. The van der Waals surface area contributed by atoms with E-state index in [2.05, 4.69) is 10.2 Å². The van der Waals surface area contributed by atoms with Crippen LogP contribution in [0.4, 0.5) is 22.7 Å². The van der Waals surface area contributed by atoms with E-state index in [-0.39, 0.29) is 23.9 Å². The maximum atomic E-state index is 13.4. The highest BCUT2D eigenvalue weighted by molar-refractivity contribution is 8.00. The molecule has 36 heavy (non-hydrogen) atoms. The second-order valence-electron chi connectivity index (χ2n) is 8.51. The number of halogens is 4. The zero-order chi connectivity index (χ0) is 25.4. The molecule has 0 fully saturated rings. The van der Waals surface area contributed by atoms with Crippen LogP contribution in [0.3, 0.4) is 0 Å². The molecule has 0 radical (unpaired) electrons. The van der Waals surface area contributed by atoms with E-state index in [0.717, 1.165) is 23.5 Å². The van der Waals surface area contributed by atoms with Crippen LogP contribution in [-0.4, -0.2) is 21.9 Å². The molecule has 2 aromatic carbocycles. The average molecular weight is 534 g/mol. The van der Waals surface area contributed by atoms with Crippen molar-refractivity contribution in [2.24, 2.45) is 0 Å². The second-order valence-corrected chi connectivity index (χ2v) is 10.7. The SMILES string of the molecule is O=C1CCCC2=C1[C@H](c1ccc(F)cc1)CC(=O)N2c1nnc(SCc2cccc(C(F)(F)F)c2)s1. The Labute approximate surface area is 212 Å². The van der Waals surface area contributed by atoms with Gasteiger partial charge in [-0.2, -0.15) is 13.2 Å². The Hall–Kier alpha value is -3.05. The van der Waals surface area contributed by atoms with Crippen LogP contribution in [0.15, 0.2) is 64.1 Å². The van der Waals surface area contributed by atoms with Gasteiger partial charge in [0.25, 0.3) is 0 Å². The summed E-state index contributed by atoms with van der Waals surface area (Å²) in [5.41, 5.74) is 1.64. The first-order valence-corrected chi connectivity index (χ1v) is 13.0. The number of alkyl halides is 3. The van der Waals surface area contributed by atoms with Crippen molar-refractivity contribution in [1.82, 2.24) is 10.2 Å². The lowest BCUT2D eigenvalue weighted by molar-refractivity contribution is -0.137. The molecule has 0 unspecified atom stereocenters. The number of nitrogens with zero attached hydrogens (tertiary/aromatic N) is 3. The first kappa shape index (κ1) is 24.6. The van der Waals surface area contributed by atoms with Crippen LogP contribution in [0, 0.1) is 5.82 Å². The van der Waals surface area contributed by atoms with Gasteiger partial charge in [0.2, 0.25) is 11.0 Å². The molecule has 11 heteroatoms. The average Bonchev–Trinajstić information content (AvgIpc) is 3.31. The Morgan fingerprint density at radius 1 is 1.06 bits per heavy atom. The number of thioether (sulfide) groups is 1. The number of Topliss-reactive ketones (excluding diaryl/α,β-unsaturated/α-hetero) is 1. The van der Waals surface area contributed by atoms with Crippen LogP contribution in [0.5, 0.6) is 0 Å². The van der Waals surface area contributed by atoms with Gasteiger partial charge < -0.3 is 0 Å². The molecule has 1 atom stereocenters. The third-order valence-electron chi connectivity index (χ3n) is 6.15. The largest absolute Gasteiger partial charge is 0.416 e. The third kappa shape index (κ3) is 4.94. The van der Waals surface area contributed by atoms with Gasteiger partial charge in [0, 0.05) is 35.8 Å². The van der Waals surface area contributed by atoms with Crippen LogP contribution in [0.25, 0.3) is 0 Å². The zero-order valence-electron chi connectivity index (χ0n) is 18.7. The molecule has 2 heterocycles. The van der Waals surface area contributed by atoms with E-state index >= 15 is 0 Å². The highest BCUT2D eigenvalue weighted by Crippen LogP contribution is 2.44. The van der Waals surface area contributed by atoms with E-state index in [0.29, 0.717) is 51.1 Å². The summed E-state index contributed by atoms with van der Waals surface area (Å²) in [6.45, 7) is 0. The van der Waals surface area contributed by atoms with Crippen LogP contribution < -0.4 is 4.90 Å². The monoisotopic (exact) mass is 533 g/mol. The number of rotatable bonds is 5. The number of ketones is 1. The lowest BCUT2D eigenvalue weighted by Crippen LogP contribution is -2.40. The number of hydrogen-bond acceptors (Lipinski definition) is 6. The van der Waals surface area contributed by atoms with Crippen molar-refractivity contribution in [1.29, 1.82) is 0 Å². The van der Waals surface area contributed by atoms with Gasteiger partial charge in [-0.15, -0.1) is 10.2 Å². The third-order valence-corrected chi connectivity index (χ3v) is 8.26. The summed E-state index contributed by atoms with van der Waals surface area (Å²) in [6.07, 6.45) is -2.86. The van der Waals surface area contributed by atoms with Gasteiger partial charge >= 0.3 is 6.18 Å². The van der Waals surface area contributed by atoms with Gasteiger partial charge in [0.15, 0.2) is 10.1 Å². The Bertz CT molecular complexity index is 1350. The molecule has 1 aliphatic carbocycles. The number of carbonyl (C=O) groups is 2. The van der Waals surface area contributed by atoms with Crippen molar-refractivity contribution in [2.75, 3.05) is 4.90 Å². The number of benzene rings is 2. The van der Waals surface area contributed by atoms with E-state index in [1.807, 2.05) is 0 Å². The second kappa shape index (κ2) is 9.78. The molecular formula is C25H19F4N3O2S2. The van der Waals surface area contributed by atoms with E-state index in [9.17, 15) is 27.2 Å². The van der Waals surface area contributed by atoms with Crippen molar-refractivity contribution in [2.45, 2.75) is 47.9 Å². The molecule has 2 aliphatic rings. The Kier molecular flexibility index (Phi) is 6.69. The Balaban J connectivity index is 1.40. The lowest BCUT2D eigenvalue weighted by Gasteiger charge is -2.36. The summed E-state index contributed by atoms with van der Waals surface area (Å²) in [7, 11) is 0. The first-order chi connectivity index (χ1) is 17.2. The molecule has 0 saturated carbocycles. The zero-order valence-corrected chi connectivity index (χ0v) is 20.4. The number of amides is 1. The summed E-state index contributed by atoms with van der Waals surface area (Å²) < 4.78 is 52.9. The van der Waals surface area contributed by atoms with E-state index in [1.165, 1.54) is 34.9 Å². The normalized spacial score (nSPS) is 18.6. The standard InChI is InChI=1S/C25H19F4N3O2S2/c26-17-9-7-15(8-10-17)18-12-21(34)32(19-5-2-6-20(33)22(18)19)23-30-31-24(36-23)35-13-14-3-1-4-16(11-14)25(27,28)29/h1,3-4,7-11,18H,2,5-6,12-13H2/t18-/m0/s1. The van der Waals surface area contributed by atoms with E-state index < -0.39 is 23.5 Å². The summed E-state index contributed by atoms with van der Waals surface area (Å²) in [5.74, 6) is -0.850. The molecule has 0 N–H and O–H groups in total. The fourth-order valence-electron chi connectivity index (χ4n) is 4.53.